The summed E-state index contributed by atoms with van der Waals surface area (Å²) < 4.78 is 0. The highest BCUT2D eigenvalue weighted by atomic mass is 15.2. The van der Waals surface area contributed by atoms with Crippen molar-refractivity contribution in [2.24, 2.45) is 0 Å². The van der Waals surface area contributed by atoms with Gasteiger partial charge in [-0.2, -0.15) is 0 Å². The highest BCUT2D eigenvalue weighted by Crippen LogP contribution is 2.15. The summed E-state index contributed by atoms with van der Waals surface area (Å²) in [7, 11) is 0. The Kier molecular flexibility index (Phi) is 5.75. The van der Waals surface area contributed by atoms with Crippen molar-refractivity contribution >= 4 is 0 Å². The van der Waals surface area contributed by atoms with Gasteiger partial charge >= 0.3 is 0 Å². The zero-order valence-electron chi connectivity index (χ0n) is 11.5. The molecule has 1 unspecified atom stereocenters. The van der Waals surface area contributed by atoms with Crippen LogP contribution < -0.4 is 5.32 Å². The molecule has 17 heavy (non-hydrogen) atoms. The Bertz CT molecular complexity index is 200. The molecule has 1 N–H and O–H groups in total. The molecule has 2 saturated heterocycles. The number of rotatable bonds is 3. The summed E-state index contributed by atoms with van der Waals surface area (Å²) in [5.74, 6) is 0. The van der Waals surface area contributed by atoms with Gasteiger partial charge in [0.15, 0.2) is 0 Å². The second-order valence-electron chi connectivity index (χ2n) is 5.68. The van der Waals surface area contributed by atoms with E-state index in [0.717, 1.165) is 6.04 Å². The van der Waals surface area contributed by atoms with Gasteiger partial charge in [0, 0.05) is 32.2 Å². The van der Waals surface area contributed by atoms with Gasteiger partial charge in [0.1, 0.15) is 0 Å². The van der Waals surface area contributed by atoms with Crippen molar-refractivity contribution in [1.82, 2.24) is 15.1 Å². The largest absolute Gasteiger partial charge is 0.315 e. The number of nitrogens with one attached hydrogen (secondary N) is 1. The Labute approximate surface area is 107 Å². The minimum absolute atomic E-state index is 0.808. The van der Waals surface area contributed by atoms with Crippen molar-refractivity contribution in [2.45, 2.75) is 45.1 Å². The smallest absolute Gasteiger partial charge is 0.0112 e. The molecule has 3 nitrogen and oxygen atoms in total. The molecule has 0 aromatic carbocycles. The maximum atomic E-state index is 3.48. The van der Waals surface area contributed by atoms with E-state index in [1.807, 2.05) is 0 Å². The topological polar surface area (TPSA) is 18.5 Å². The summed E-state index contributed by atoms with van der Waals surface area (Å²) in [6.07, 6.45) is 7.00. The van der Waals surface area contributed by atoms with E-state index < -0.39 is 0 Å². The average Bonchev–Trinajstić information content (AvgIpc) is 2.69. The third-order valence-electron chi connectivity index (χ3n) is 4.33. The van der Waals surface area contributed by atoms with Crippen molar-refractivity contribution in [1.29, 1.82) is 0 Å². The number of nitrogens with zero attached hydrogens (tertiary/aromatic N) is 2. The van der Waals surface area contributed by atoms with Crippen LogP contribution in [-0.2, 0) is 0 Å². The molecule has 2 fully saturated rings. The molecule has 0 aromatic heterocycles. The molecule has 100 valence electrons. The fourth-order valence-corrected chi connectivity index (χ4v) is 3.06. The van der Waals surface area contributed by atoms with Crippen LogP contribution in [0.25, 0.3) is 0 Å². The fourth-order valence-electron chi connectivity index (χ4n) is 3.06. The molecule has 0 aliphatic carbocycles. The summed E-state index contributed by atoms with van der Waals surface area (Å²) >= 11 is 0. The molecule has 2 aliphatic rings. The summed E-state index contributed by atoms with van der Waals surface area (Å²) in [4.78, 5) is 5.35. The van der Waals surface area contributed by atoms with E-state index in [1.165, 1.54) is 77.9 Å². The van der Waals surface area contributed by atoms with Gasteiger partial charge in [-0.25, -0.2) is 0 Å². The third-order valence-corrected chi connectivity index (χ3v) is 4.33. The summed E-state index contributed by atoms with van der Waals surface area (Å²) in [5.41, 5.74) is 0. The Morgan fingerprint density at radius 3 is 2.82 bits per heavy atom. The van der Waals surface area contributed by atoms with Crippen LogP contribution in [0, 0.1) is 0 Å². The molecule has 0 bridgehead atoms. The van der Waals surface area contributed by atoms with Crippen LogP contribution in [0.1, 0.15) is 39.0 Å². The number of hydrogen-bond acceptors (Lipinski definition) is 3. The standard InChI is InChI=1S/C14H29N3/c1-14-6-3-2-4-10-17(14)13-12-16-9-5-7-15-8-11-16/h14-15H,2-13H2,1H3. The van der Waals surface area contributed by atoms with Gasteiger partial charge in [-0.15, -0.1) is 0 Å². The molecular formula is C14H29N3. The molecule has 0 saturated carbocycles. The van der Waals surface area contributed by atoms with Crippen LogP contribution in [-0.4, -0.2) is 61.7 Å². The lowest BCUT2D eigenvalue weighted by atomic mass is 10.1. The molecule has 0 amide bonds. The second-order valence-corrected chi connectivity index (χ2v) is 5.68. The van der Waals surface area contributed by atoms with Crippen LogP contribution in [0.3, 0.4) is 0 Å². The van der Waals surface area contributed by atoms with Crippen molar-refractivity contribution < 1.29 is 0 Å². The van der Waals surface area contributed by atoms with Crippen LogP contribution in [0.4, 0.5) is 0 Å². The average molecular weight is 239 g/mol. The molecule has 2 heterocycles. The Balaban J connectivity index is 1.71. The molecule has 3 heteroatoms. The van der Waals surface area contributed by atoms with Gasteiger partial charge in [0.25, 0.3) is 0 Å². The lowest BCUT2D eigenvalue weighted by molar-refractivity contribution is 0.174. The maximum Gasteiger partial charge on any atom is 0.0112 e. The normalized spacial score (nSPS) is 29.8. The maximum absolute atomic E-state index is 3.48. The highest BCUT2D eigenvalue weighted by Gasteiger charge is 2.17. The van der Waals surface area contributed by atoms with E-state index >= 15 is 0 Å². The van der Waals surface area contributed by atoms with Crippen molar-refractivity contribution in [3.8, 4) is 0 Å². The van der Waals surface area contributed by atoms with Crippen molar-refractivity contribution in [3.05, 3.63) is 0 Å². The summed E-state index contributed by atoms with van der Waals surface area (Å²) in [5, 5.41) is 3.48. The van der Waals surface area contributed by atoms with E-state index in [4.69, 9.17) is 0 Å². The SMILES string of the molecule is CC1CCCCCN1CCN1CCCNCC1. The first-order valence-electron chi connectivity index (χ1n) is 7.53. The Morgan fingerprint density at radius 2 is 1.88 bits per heavy atom. The molecule has 2 rings (SSSR count). The van der Waals surface area contributed by atoms with Gasteiger partial charge in [0.2, 0.25) is 0 Å². The van der Waals surface area contributed by atoms with Crippen molar-refractivity contribution in [3.63, 3.8) is 0 Å². The predicted molar refractivity (Wildman–Crippen MR) is 73.4 cm³/mol. The van der Waals surface area contributed by atoms with E-state index in [9.17, 15) is 0 Å². The van der Waals surface area contributed by atoms with Gasteiger partial charge in [-0.05, 0) is 45.8 Å². The van der Waals surface area contributed by atoms with Crippen LogP contribution in [0.5, 0.6) is 0 Å². The number of likely N-dealkylation sites (tertiary alicyclic amines) is 1. The first kappa shape index (κ1) is 13.3. The van der Waals surface area contributed by atoms with Gasteiger partial charge in [-0.3, -0.25) is 4.90 Å². The van der Waals surface area contributed by atoms with Gasteiger partial charge < -0.3 is 10.2 Å². The van der Waals surface area contributed by atoms with E-state index in [-0.39, 0.29) is 0 Å². The lowest BCUT2D eigenvalue weighted by Gasteiger charge is -2.29. The molecular weight excluding hydrogens is 210 g/mol. The first-order chi connectivity index (χ1) is 8.36. The van der Waals surface area contributed by atoms with Gasteiger partial charge in [0.05, 0.1) is 0 Å². The lowest BCUT2D eigenvalue weighted by Crippen LogP contribution is -2.40. The first-order valence-corrected chi connectivity index (χ1v) is 7.53. The highest BCUT2D eigenvalue weighted by molar-refractivity contribution is 4.74. The van der Waals surface area contributed by atoms with Crippen LogP contribution in [0.15, 0.2) is 0 Å². The third kappa shape index (κ3) is 4.57. The van der Waals surface area contributed by atoms with Crippen LogP contribution >= 0.6 is 0 Å². The molecule has 0 radical (unpaired) electrons. The fraction of sp³-hybridized carbons (Fsp3) is 1.00. The van der Waals surface area contributed by atoms with E-state index in [0.29, 0.717) is 0 Å². The summed E-state index contributed by atoms with van der Waals surface area (Å²) in [6.45, 7) is 11.2. The van der Waals surface area contributed by atoms with E-state index in [1.54, 1.807) is 0 Å². The van der Waals surface area contributed by atoms with Gasteiger partial charge in [-0.1, -0.05) is 12.8 Å². The summed E-state index contributed by atoms with van der Waals surface area (Å²) in [6, 6.07) is 0.808. The quantitative estimate of drug-likeness (QED) is 0.806. The zero-order valence-corrected chi connectivity index (χ0v) is 11.5. The Morgan fingerprint density at radius 1 is 0.941 bits per heavy atom. The van der Waals surface area contributed by atoms with E-state index in [2.05, 4.69) is 22.0 Å². The second kappa shape index (κ2) is 7.34. The molecule has 2 aliphatic heterocycles. The van der Waals surface area contributed by atoms with Crippen LogP contribution in [0.2, 0.25) is 0 Å². The zero-order chi connectivity index (χ0) is 11.9. The Hall–Kier alpha value is -0.120. The molecule has 0 aromatic rings. The molecule has 0 spiro atoms. The molecule has 1 atom stereocenters. The number of hydrogen-bond donors (Lipinski definition) is 1. The van der Waals surface area contributed by atoms with Crippen molar-refractivity contribution in [2.75, 3.05) is 45.8 Å². The predicted octanol–water partition coefficient (Wildman–Crippen LogP) is 1.55. The minimum Gasteiger partial charge on any atom is -0.315 e. The monoisotopic (exact) mass is 239 g/mol. The minimum atomic E-state index is 0.808.